The predicted octanol–water partition coefficient (Wildman–Crippen LogP) is 5.69. The van der Waals surface area contributed by atoms with Crippen LogP contribution in [0.25, 0.3) is 11.1 Å². The van der Waals surface area contributed by atoms with E-state index in [1.165, 1.54) is 80.7 Å². The molecule has 2 aliphatic rings. The van der Waals surface area contributed by atoms with Crippen LogP contribution in [-0.2, 0) is 60.7 Å². The number of halogens is 1. The smallest absolute Gasteiger partial charge is 0.332 e. The van der Waals surface area contributed by atoms with Crippen LogP contribution in [0.2, 0.25) is 0 Å². The van der Waals surface area contributed by atoms with Crippen LogP contribution in [-0.4, -0.2) is 178 Å². The first kappa shape index (κ1) is 67.6. The third kappa shape index (κ3) is 16.8. The fourth-order valence-corrected chi connectivity index (χ4v) is 11.1. The van der Waals surface area contributed by atoms with E-state index >= 15 is 14.4 Å². The first-order valence-electron chi connectivity index (χ1n) is 29.7. The fraction of sp³-hybridized carbons (Fsp3) is 0.578. The van der Waals surface area contributed by atoms with Crippen molar-refractivity contribution in [2.75, 3.05) is 34.7 Å². The molecular weight excluding hydrogens is 1080 g/mol. The number of esters is 1. The number of amides is 8. The van der Waals surface area contributed by atoms with E-state index in [9.17, 15) is 38.3 Å². The summed E-state index contributed by atoms with van der Waals surface area (Å²) in [4.78, 5) is 140. The molecule has 11 atom stereocenters. The van der Waals surface area contributed by atoms with E-state index in [1.54, 1.807) is 75.4 Å². The van der Waals surface area contributed by atoms with Gasteiger partial charge in [-0.15, -0.1) is 0 Å². The molecule has 8 amide bonds. The van der Waals surface area contributed by atoms with Gasteiger partial charge in [0.1, 0.15) is 48.1 Å². The normalized spacial score (nSPS) is 25.5. The summed E-state index contributed by atoms with van der Waals surface area (Å²) in [6, 6.07) is 11.8. The van der Waals surface area contributed by atoms with Gasteiger partial charge < -0.3 is 50.3 Å². The number of hydrogen-bond acceptors (Lipinski definition) is 11. The summed E-state index contributed by atoms with van der Waals surface area (Å²) in [6.45, 7) is 16.8. The van der Waals surface area contributed by atoms with Crippen LogP contribution in [0.5, 0.6) is 0 Å². The third-order valence-corrected chi connectivity index (χ3v) is 16.7. The van der Waals surface area contributed by atoms with E-state index in [0.717, 1.165) is 4.90 Å². The maximum absolute atomic E-state index is 15.6. The zero-order chi connectivity index (χ0) is 62.5. The molecule has 0 radical (unpaired) electrons. The monoisotopic (exact) mass is 1170 g/mol. The average molecular weight is 1170 g/mol. The van der Waals surface area contributed by atoms with Gasteiger partial charge in [0.05, 0.1) is 5.60 Å². The Labute approximate surface area is 495 Å². The van der Waals surface area contributed by atoms with Gasteiger partial charge in [-0.25, -0.2) is 9.18 Å². The maximum atomic E-state index is 15.6. The molecule has 460 valence electrons. The maximum Gasteiger partial charge on any atom is 0.332 e. The summed E-state index contributed by atoms with van der Waals surface area (Å²) in [6.07, 6.45) is 0.295. The van der Waals surface area contributed by atoms with Crippen LogP contribution in [0.1, 0.15) is 125 Å². The lowest BCUT2D eigenvalue weighted by molar-refractivity contribution is -0.177. The largest absolute Gasteiger partial charge is 0.450 e. The second kappa shape index (κ2) is 30.0. The van der Waals surface area contributed by atoms with Crippen LogP contribution in [0.3, 0.4) is 0 Å². The van der Waals surface area contributed by atoms with Gasteiger partial charge in [0, 0.05) is 53.5 Å². The minimum atomic E-state index is -1.98. The van der Waals surface area contributed by atoms with E-state index in [0.29, 0.717) is 47.9 Å². The number of nitrogens with one attached hydrogen (secondary N) is 3. The Morgan fingerprint density at radius 2 is 1.23 bits per heavy atom. The molecule has 3 aromatic carbocycles. The molecule has 20 heteroatoms. The van der Waals surface area contributed by atoms with Gasteiger partial charge in [-0.3, -0.25) is 38.4 Å². The van der Waals surface area contributed by atoms with E-state index in [4.69, 9.17) is 4.74 Å². The van der Waals surface area contributed by atoms with Gasteiger partial charge in [-0.2, -0.15) is 0 Å². The molecule has 2 aliphatic heterocycles. The van der Waals surface area contributed by atoms with Gasteiger partial charge >= 0.3 is 5.97 Å². The molecule has 84 heavy (non-hydrogen) atoms. The Kier molecular flexibility index (Phi) is 24.2. The van der Waals surface area contributed by atoms with Crippen LogP contribution in [0, 0.1) is 23.6 Å². The SMILES string of the molecule is CCC[C@H]1C(=O)NC(Cc2ccccc2)C(=O)N(C)C(Cc2cccc(-c3ccc(F)cc3)c2)C(=O)N2CCCC2C(=O)NC(C(C)CC)C(=O)N(C)[C@@H](C)C(=O)NC(CC(C)C)C(=O)N(C)C(C(C)(C)O)C(=O)OC([C@H](C)CC)C(=O)N1C. The number of rotatable bonds is 14. The lowest BCUT2D eigenvalue weighted by Gasteiger charge is -2.39. The van der Waals surface area contributed by atoms with Crippen molar-refractivity contribution in [1.29, 1.82) is 0 Å². The molecule has 0 bridgehead atoms. The Hall–Kier alpha value is -7.22. The number of fused-ring (bicyclic) bond motifs is 1. The molecule has 0 aromatic heterocycles. The number of carbonyl (C=O) groups is 9. The van der Waals surface area contributed by atoms with Crippen LogP contribution < -0.4 is 16.0 Å². The highest BCUT2D eigenvalue weighted by Gasteiger charge is 2.47. The number of cyclic esters (lactones) is 1. The van der Waals surface area contributed by atoms with Crippen molar-refractivity contribution in [2.24, 2.45) is 17.8 Å². The van der Waals surface area contributed by atoms with Crippen molar-refractivity contribution in [1.82, 2.24) is 40.4 Å². The Bertz CT molecular complexity index is 2790. The molecule has 0 saturated carbocycles. The van der Waals surface area contributed by atoms with Crippen molar-refractivity contribution in [2.45, 2.75) is 187 Å². The van der Waals surface area contributed by atoms with Crippen molar-refractivity contribution in [3.8, 4) is 11.1 Å². The molecule has 19 nitrogen and oxygen atoms in total. The number of nitrogens with zero attached hydrogens (tertiary/aromatic N) is 5. The average Bonchev–Trinajstić information content (AvgIpc) is 3.16. The predicted molar refractivity (Wildman–Crippen MR) is 318 cm³/mol. The summed E-state index contributed by atoms with van der Waals surface area (Å²) in [7, 11) is 5.57. The van der Waals surface area contributed by atoms with Gasteiger partial charge in [0.15, 0.2) is 12.1 Å². The number of carbonyl (C=O) groups excluding carboxylic acids is 9. The van der Waals surface area contributed by atoms with Crippen molar-refractivity contribution in [3.05, 3.63) is 95.8 Å². The summed E-state index contributed by atoms with van der Waals surface area (Å²) in [5.74, 6) is -8.31. The number of likely N-dealkylation sites (N-methyl/N-ethyl adjacent to an activating group) is 4. The number of aliphatic hydroxyl groups is 1. The molecule has 8 unspecified atom stereocenters. The van der Waals surface area contributed by atoms with Gasteiger partial charge in [-0.05, 0) is 99.1 Å². The highest BCUT2D eigenvalue weighted by molar-refractivity contribution is 5.99. The number of benzene rings is 3. The first-order chi connectivity index (χ1) is 39.6. The summed E-state index contributed by atoms with van der Waals surface area (Å²) >= 11 is 0. The first-order valence-corrected chi connectivity index (χ1v) is 29.7. The fourth-order valence-electron chi connectivity index (χ4n) is 11.1. The molecule has 2 saturated heterocycles. The molecule has 0 aliphatic carbocycles. The molecular formula is C64H91FN8O11. The number of hydrogen-bond donors (Lipinski definition) is 4. The molecule has 4 N–H and O–H groups in total. The number of ether oxygens (including phenoxy) is 1. The standard InChI is InChI=1S/C64H91FN8O11/c1-15-23-49-56(75)67-48(36-42-24-19-18-20-25-42)58(77)71(13)51(37-43-26-21-27-45(35-43)44-29-31-46(65)32-30-44)60(79)73-33-22-28-50(73)57(76)68-52(39(6)16-2)61(80)69(11)41(8)55(74)66-47(34-38(4)5)59(78)72(14)54(64(9,10)83)63(82)84-53(40(7)17-3)62(81)70(49)12/h18-21,24-27,29-32,35,38-41,47-54,83H,15-17,22-23,28,33-34,36-37H2,1-14H3,(H,66,74)(H,67,75)(H,68,76)/t39?,40-,41+,47?,48?,49+,50?,51?,52?,53?,54?/m1/s1. The van der Waals surface area contributed by atoms with Crippen LogP contribution in [0.4, 0.5) is 4.39 Å². The van der Waals surface area contributed by atoms with E-state index in [-0.39, 0.29) is 44.6 Å². The van der Waals surface area contributed by atoms with E-state index < -0.39 is 131 Å². The Balaban J connectivity index is 1.70. The zero-order valence-electron chi connectivity index (χ0n) is 51.6. The van der Waals surface area contributed by atoms with Gasteiger partial charge in [-0.1, -0.05) is 128 Å². The highest BCUT2D eigenvalue weighted by Crippen LogP contribution is 2.28. The minimum Gasteiger partial charge on any atom is -0.450 e. The highest BCUT2D eigenvalue weighted by atomic mass is 19.1. The second-order valence-electron chi connectivity index (χ2n) is 24.0. The van der Waals surface area contributed by atoms with Crippen molar-refractivity contribution < 1.29 is 57.4 Å². The Morgan fingerprint density at radius 3 is 1.82 bits per heavy atom. The van der Waals surface area contributed by atoms with Gasteiger partial charge in [0.25, 0.3) is 5.91 Å². The van der Waals surface area contributed by atoms with E-state index in [2.05, 4.69) is 16.0 Å². The molecule has 2 fully saturated rings. The molecule has 3 aromatic rings. The van der Waals surface area contributed by atoms with Gasteiger partial charge in [0.2, 0.25) is 41.4 Å². The van der Waals surface area contributed by atoms with E-state index in [1.807, 2.05) is 39.8 Å². The molecule has 2 heterocycles. The van der Waals surface area contributed by atoms with Crippen LogP contribution in [0.15, 0.2) is 78.9 Å². The summed E-state index contributed by atoms with van der Waals surface area (Å²) in [5.41, 5.74) is 0.720. The molecule has 0 spiro atoms. The van der Waals surface area contributed by atoms with Crippen molar-refractivity contribution in [3.63, 3.8) is 0 Å². The third-order valence-electron chi connectivity index (χ3n) is 16.7. The summed E-state index contributed by atoms with van der Waals surface area (Å²) < 4.78 is 20.2. The zero-order valence-corrected chi connectivity index (χ0v) is 51.6. The Morgan fingerprint density at radius 1 is 0.631 bits per heavy atom. The second-order valence-corrected chi connectivity index (χ2v) is 24.0. The van der Waals surface area contributed by atoms with Crippen molar-refractivity contribution >= 4 is 53.2 Å². The lowest BCUT2D eigenvalue weighted by atomic mass is 9.94. The lowest BCUT2D eigenvalue weighted by Crippen LogP contribution is -2.62. The quantitative estimate of drug-likeness (QED) is 0.143. The summed E-state index contributed by atoms with van der Waals surface area (Å²) in [5, 5.41) is 20.3. The molecule has 5 rings (SSSR count). The van der Waals surface area contributed by atoms with Crippen LogP contribution >= 0.6 is 0 Å². The minimum absolute atomic E-state index is 0.0448. The topological polar surface area (TPSA) is 235 Å².